The van der Waals surface area contributed by atoms with E-state index in [0.29, 0.717) is 6.42 Å². The van der Waals surface area contributed by atoms with Gasteiger partial charge >= 0.3 is 0 Å². The first kappa shape index (κ1) is 29.8. The minimum absolute atomic E-state index is 0.0818. The average Bonchev–Trinajstić information content (AvgIpc) is 2.93. The Labute approximate surface area is 230 Å². The Bertz CT molecular complexity index is 1360. The van der Waals surface area contributed by atoms with Crippen LogP contribution in [0.5, 0.6) is 0 Å². The standard InChI is InChI=1S/C30H36FN3O4S/c1-5-23(4)32-30(36)28(6-2)33(20-24-13-11-10-12-22(24)3)29(35)21-34(26-14-8-7-9-15-26)39(37,38)27-18-16-25(31)17-19-27/h7-19,23,28H,5-6,20-21H2,1-4H3,(H,32,36)/t23-,28+/m1/s1. The fourth-order valence-electron chi connectivity index (χ4n) is 4.19. The summed E-state index contributed by atoms with van der Waals surface area (Å²) >= 11 is 0. The molecule has 0 bridgehead atoms. The van der Waals surface area contributed by atoms with Gasteiger partial charge in [-0.05, 0) is 74.2 Å². The minimum Gasteiger partial charge on any atom is -0.352 e. The topological polar surface area (TPSA) is 86.8 Å². The van der Waals surface area contributed by atoms with Gasteiger partial charge in [-0.1, -0.05) is 56.3 Å². The molecule has 0 heterocycles. The van der Waals surface area contributed by atoms with Crippen LogP contribution in [0.4, 0.5) is 10.1 Å². The number of para-hydroxylation sites is 1. The van der Waals surface area contributed by atoms with Gasteiger partial charge in [0.1, 0.15) is 18.4 Å². The van der Waals surface area contributed by atoms with Crippen LogP contribution in [0.1, 0.15) is 44.7 Å². The third kappa shape index (κ3) is 7.44. The molecule has 0 aromatic heterocycles. The lowest BCUT2D eigenvalue weighted by molar-refractivity contribution is -0.140. The highest BCUT2D eigenvalue weighted by Gasteiger charge is 2.34. The second kappa shape index (κ2) is 13.4. The molecule has 2 amide bonds. The molecule has 0 radical (unpaired) electrons. The molecule has 7 nitrogen and oxygen atoms in total. The van der Waals surface area contributed by atoms with Crippen LogP contribution in [0.2, 0.25) is 0 Å². The van der Waals surface area contributed by atoms with Crippen LogP contribution in [0.15, 0.2) is 83.8 Å². The molecular formula is C30H36FN3O4S. The van der Waals surface area contributed by atoms with Crippen LogP contribution in [0, 0.1) is 12.7 Å². The van der Waals surface area contributed by atoms with Crippen molar-refractivity contribution in [2.45, 2.75) is 64.1 Å². The number of hydrogen-bond acceptors (Lipinski definition) is 4. The van der Waals surface area contributed by atoms with Crippen LogP contribution in [-0.2, 0) is 26.2 Å². The third-order valence-corrected chi connectivity index (χ3v) is 8.50. The van der Waals surface area contributed by atoms with Crippen LogP contribution in [0.3, 0.4) is 0 Å². The van der Waals surface area contributed by atoms with Gasteiger partial charge in [-0.2, -0.15) is 0 Å². The number of nitrogens with one attached hydrogen (secondary N) is 1. The zero-order valence-electron chi connectivity index (χ0n) is 22.8. The first-order valence-electron chi connectivity index (χ1n) is 13.1. The number of rotatable bonds is 12. The highest BCUT2D eigenvalue weighted by atomic mass is 32.2. The molecule has 3 rings (SSSR count). The number of halogens is 1. The number of carbonyl (C=O) groups excluding carboxylic acids is 2. The van der Waals surface area contributed by atoms with Crippen molar-refractivity contribution in [1.82, 2.24) is 10.2 Å². The summed E-state index contributed by atoms with van der Waals surface area (Å²) in [5.74, 6) is -1.39. The summed E-state index contributed by atoms with van der Waals surface area (Å²) in [6, 6.07) is 19.4. The predicted octanol–water partition coefficient (Wildman–Crippen LogP) is 5.05. The number of nitrogens with zero attached hydrogens (tertiary/aromatic N) is 2. The monoisotopic (exact) mass is 553 g/mol. The Balaban J connectivity index is 2.04. The summed E-state index contributed by atoms with van der Waals surface area (Å²) in [6.07, 6.45) is 1.07. The van der Waals surface area contributed by atoms with E-state index in [2.05, 4.69) is 5.32 Å². The lowest BCUT2D eigenvalue weighted by atomic mass is 10.1. The zero-order valence-corrected chi connectivity index (χ0v) is 23.6. The lowest BCUT2D eigenvalue weighted by Crippen LogP contribution is -2.53. The Morgan fingerprint density at radius 3 is 2.10 bits per heavy atom. The van der Waals surface area contributed by atoms with Gasteiger partial charge in [0, 0.05) is 12.6 Å². The number of anilines is 1. The fourth-order valence-corrected chi connectivity index (χ4v) is 5.60. The van der Waals surface area contributed by atoms with E-state index < -0.39 is 34.3 Å². The second-order valence-electron chi connectivity index (χ2n) is 9.49. The van der Waals surface area contributed by atoms with E-state index in [4.69, 9.17) is 0 Å². The Kier molecular flexibility index (Phi) is 10.2. The van der Waals surface area contributed by atoms with Crippen molar-refractivity contribution in [2.75, 3.05) is 10.8 Å². The number of aryl methyl sites for hydroxylation is 1. The number of benzene rings is 3. The predicted molar refractivity (Wildman–Crippen MR) is 151 cm³/mol. The zero-order chi connectivity index (χ0) is 28.6. The highest BCUT2D eigenvalue weighted by molar-refractivity contribution is 7.92. The van der Waals surface area contributed by atoms with E-state index in [-0.39, 0.29) is 29.1 Å². The first-order valence-corrected chi connectivity index (χ1v) is 14.5. The van der Waals surface area contributed by atoms with Gasteiger partial charge in [0.05, 0.1) is 10.6 Å². The second-order valence-corrected chi connectivity index (χ2v) is 11.4. The lowest BCUT2D eigenvalue weighted by Gasteiger charge is -2.34. The fraction of sp³-hybridized carbons (Fsp3) is 0.333. The molecular weight excluding hydrogens is 517 g/mol. The molecule has 1 N–H and O–H groups in total. The van der Waals surface area contributed by atoms with Gasteiger partial charge in [0.25, 0.3) is 10.0 Å². The van der Waals surface area contributed by atoms with E-state index in [1.807, 2.05) is 52.0 Å². The Morgan fingerprint density at radius 2 is 1.51 bits per heavy atom. The van der Waals surface area contributed by atoms with Crippen molar-refractivity contribution < 1.29 is 22.4 Å². The highest BCUT2D eigenvalue weighted by Crippen LogP contribution is 2.25. The van der Waals surface area contributed by atoms with Crippen molar-refractivity contribution in [2.24, 2.45) is 0 Å². The summed E-state index contributed by atoms with van der Waals surface area (Å²) in [7, 11) is -4.24. The number of carbonyl (C=O) groups is 2. The van der Waals surface area contributed by atoms with Crippen LogP contribution in [-0.4, -0.2) is 43.8 Å². The maximum absolute atomic E-state index is 14.0. The average molecular weight is 554 g/mol. The Morgan fingerprint density at radius 1 is 0.897 bits per heavy atom. The summed E-state index contributed by atoms with van der Waals surface area (Å²) < 4.78 is 42.0. The number of sulfonamides is 1. The minimum atomic E-state index is -4.24. The van der Waals surface area contributed by atoms with Crippen molar-refractivity contribution >= 4 is 27.5 Å². The van der Waals surface area contributed by atoms with Crippen LogP contribution in [0.25, 0.3) is 0 Å². The van der Waals surface area contributed by atoms with E-state index in [1.54, 1.807) is 30.3 Å². The smallest absolute Gasteiger partial charge is 0.264 e. The largest absolute Gasteiger partial charge is 0.352 e. The molecule has 9 heteroatoms. The van der Waals surface area contributed by atoms with Gasteiger partial charge in [0.15, 0.2) is 0 Å². The summed E-state index contributed by atoms with van der Waals surface area (Å²) in [5, 5.41) is 2.96. The van der Waals surface area contributed by atoms with Gasteiger partial charge < -0.3 is 10.2 Å². The molecule has 3 aromatic carbocycles. The number of hydrogen-bond donors (Lipinski definition) is 1. The Hall–Kier alpha value is -3.72. The van der Waals surface area contributed by atoms with Crippen LogP contribution >= 0.6 is 0 Å². The van der Waals surface area contributed by atoms with Gasteiger partial charge in [0.2, 0.25) is 11.8 Å². The summed E-state index contributed by atoms with van der Waals surface area (Å²) in [5.41, 5.74) is 2.09. The molecule has 2 atom stereocenters. The normalized spacial score (nSPS) is 12.8. The molecule has 0 aliphatic carbocycles. The van der Waals surface area contributed by atoms with Crippen molar-refractivity contribution in [3.05, 3.63) is 95.8 Å². The molecule has 0 aliphatic heterocycles. The molecule has 3 aromatic rings. The van der Waals surface area contributed by atoms with Gasteiger partial charge in [-0.15, -0.1) is 0 Å². The van der Waals surface area contributed by atoms with Crippen molar-refractivity contribution in [3.8, 4) is 0 Å². The summed E-state index contributed by atoms with van der Waals surface area (Å²) in [6.45, 7) is 7.20. The SMILES string of the molecule is CC[C@@H](C)NC(=O)[C@H](CC)N(Cc1ccccc1C)C(=O)CN(c1ccccc1)S(=O)(=O)c1ccc(F)cc1. The maximum Gasteiger partial charge on any atom is 0.264 e. The first-order chi connectivity index (χ1) is 18.6. The molecule has 0 saturated carbocycles. The van der Waals surface area contributed by atoms with Gasteiger partial charge in [-0.3, -0.25) is 13.9 Å². The van der Waals surface area contributed by atoms with Gasteiger partial charge in [-0.25, -0.2) is 12.8 Å². The molecule has 0 spiro atoms. The molecule has 0 fully saturated rings. The molecule has 208 valence electrons. The quantitative estimate of drug-likeness (QED) is 0.340. The van der Waals surface area contributed by atoms with E-state index in [0.717, 1.165) is 34.0 Å². The van der Waals surface area contributed by atoms with E-state index >= 15 is 0 Å². The third-order valence-electron chi connectivity index (χ3n) is 6.71. The summed E-state index contributed by atoms with van der Waals surface area (Å²) in [4.78, 5) is 28.6. The molecule has 0 aliphatic rings. The molecule has 0 saturated heterocycles. The molecule has 0 unspecified atom stereocenters. The van der Waals surface area contributed by atoms with Crippen LogP contribution < -0.4 is 9.62 Å². The maximum atomic E-state index is 14.0. The number of amides is 2. The van der Waals surface area contributed by atoms with Crippen molar-refractivity contribution in [3.63, 3.8) is 0 Å². The van der Waals surface area contributed by atoms with E-state index in [9.17, 15) is 22.4 Å². The molecule has 39 heavy (non-hydrogen) atoms. The van der Waals surface area contributed by atoms with Crippen molar-refractivity contribution in [1.29, 1.82) is 0 Å². The van der Waals surface area contributed by atoms with E-state index in [1.165, 1.54) is 17.0 Å².